The zero-order valence-corrected chi connectivity index (χ0v) is 22.1. The Kier molecular flexibility index (Phi) is 6.23. The molecule has 0 bridgehead atoms. The lowest BCUT2D eigenvalue weighted by Crippen LogP contribution is -2.40. The monoisotopic (exact) mass is 529 g/mol. The van der Waals surface area contributed by atoms with Crippen LogP contribution in [0.1, 0.15) is 23.1 Å². The van der Waals surface area contributed by atoms with E-state index in [0.717, 1.165) is 50.0 Å². The molecule has 0 saturated carbocycles. The molecule has 1 aliphatic rings. The predicted molar refractivity (Wildman–Crippen MR) is 149 cm³/mol. The van der Waals surface area contributed by atoms with E-state index in [1.165, 1.54) is 6.07 Å². The minimum absolute atomic E-state index is 0.229. The molecule has 2 aromatic carbocycles. The first kappa shape index (κ1) is 24.4. The summed E-state index contributed by atoms with van der Waals surface area (Å²) in [6, 6.07) is 14.5. The molecule has 0 amide bonds. The van der Waals surface area contributed by atoms with E-state index in [1.807, 2.05) is 37.3 Å². The van der Waals surface area contributed by atoms with Crippen molar-refractivity contribution in [1.29, 1.82) is 0 Å². The Labute approximate surface area is 222 Å². The smallest absolute Gasteiger partial charge is 0.223 e. The van der Waals surface area contributed by atoms with Gasteiger partial charge in [0.2, 0.25) is 5.88 Å². The standard InChI is InChI=1S/C29H28FN5O2S/c1-17(12-21-18(2)32-25-9-8-20(30)14-22(21)25)35-10-11-38(36)16-27(35)28-31-15-26(33-28)23-13-19-6-4-5-7-24(19)34-29(23)37-3/h4-9,13-15,27,32H,1,10-12,16H2,2-3H3,(H,31,33). The Balaban J connectivity index is 1.32. The number of methoxy groups -OCH3 is 1. The normalized spacial score (nSPS) is 17.8. The van der Waals surface area contributed by atoms with Crippen molar-refractivity contribution in [2.45, 2.75) is 19.4 Å². The summed E-state index contributed by atoms with van der Waals surface area (Å²) in [4.78, 5) is 18.3. The van der Waals surface area contributed by atoms with Gasteiger partial charge in [0.15, 0.2) is 0 Å². The molecule has 194 valence electrons. The molecule has 2 unspecified atom stereocenters. The molecule has 0 aliphatic carbocycles. The van der Waals surface area contributed by atoms with Gasteiger partial charge in [-0.25, -0.2) is 14.4 Å². The summed E-state index contributed by atoms with van der Waals surface area (Å²) in [5.41, 5.74) is 6.22. The zero-order valence-electron chi connectivity index (χ0n) is 21.3. The van der Waals surface area contributed by atoms with Gasteiger partial charge in [0.05, 0.1) is 41.9 Å². The minimum Gasteiger partial charge on any atom is -0.480 e. The van der Waals surface area contributed by atoms with Gasteiger partial charge in [-0.15, -0.1) is 0 Å². The molecular weight excluding hydrogens is 501 g/mol. The molecular formula is C29H28FN5O2S. The lowest BCUT2D eigenvalue weighted by molar-refractivity contribution is 0.267. The molecule has 3 aromatic heterocycles. The first-order valence-corrected chi connectivity index (χ1v) is 13.9. The number of fused-ring (bicyclic) bond motifs is 2. The second kappa shape index (κ2) is 9.72. The zero-order chi connectivity index (χ0) is 26.4. The van der Waals surface area contributed by atoms with Crippen molar-refractivity contribution in [3.8, 4) is 17.1 Å². The molecule has 2 atom stereocenters. The van der Waals surface area contributed by atoms with Crippen molar-refractivity contribution in [3.63, 3.8) is 0 Å². The van der Waals surface area contributed by atoms with Crippen molar-refractivity contribution in [2.75, 3.05) is 25.2 Å². The molecule has 38 heavy (non-hydrogen) atoms. The predicted octanol–water partition coefficient (Wildman–Crippen LogP) is 5.42. The largest absolute Gasteiger partial charge is 0.480 e. The lowest BCUT2D eigenvalue weighted by Gasteiger charge is -2.37. The van der Waals surface area contributed by atoms with E-state index in [2.05, 4.69) is 26.4 Å². The first-order valence-electron chi connectivity index (χ1n) is 12.5. The molecule has 9 heteroatoms. The average Bonchev–Trinajstić information content (AvgIpc) is 3.52. The van der Waals surface area contributed by atoms with Gasteiger partial charge >= 0.3 is 0 Å². The van der Waals surface area contributed by atoms with Crippen molar-refractivity contribution < 1.29 is 13.3 Å². The molecule has 0 spiro atoms. The van der Waals surface area contributed by atoms with Gasteiger partial charge in [-0.2, -0.15) is 0 Å². The van der Waals surface area contributed by atoms with Crippen LogP contribution in [0.5, 0.6) is 5.88 Å². The van der Waals surface area contributed by atoms with Gasteiger partial charge in [0, 0.05) is 57.2 Å². The Hall–Kier alpha value is -3.98. The highest BCUT2D eigenvalue weighted by Crippen LogP contribution is 2.34. The van der Waals surface area contributed by atoms with Crippen LogP contribution >= 0.6 is 0 Å². The highest BCUT2D eigenvalue weighted by Gasteiger charge is 2.31. The summed E-state index contributed by atoms with van der Waals surface area (Å²) >= 11 is 0. The van der Waals surface area contributed by atoms with E-state index in [0.29, 0.717) is 36.2 Å². The number of allylic oxidation sites excluding steroid dienone is 1. The number of nitrogens with one attached hydrogen (secondary N) is 2. The van der Waals surface area contributed by atoms with Crippen LogP contribution in [0.25, 0.3) is 33.1 Å². The van der Waals surface area contributed by atoms with Crippen LogP contribution in [0.4, 0.5) is 4.39 Å². The molecule has 1 saturated heterocycles. The number of halogens is 1. The third-order valence-corrected chi connectivity index (χ3v) is 8.56. The SMILES string of the molecule is C=C(Cc1c(C)[nH]c2ccc(F)cc12)N1CCS(=O)CC1c1ncc(-c2cc3ccccc3nc2OC)[nH]1. The fourth-order valence-electron chi connectivity index (χ4n) is 5.29. The molecule has 2 N–H and O–H groups in total. The average molecular weight is 530 g/mol. The second-order valence-corrected chi connectivity index (χ2v) is 11.2. The maximum absolute atomic E-state index is 14.0. The number of pyridine rings is 1. The fraction of sp³-hybridized carbons (Fsp3) is 0.241. The van der Waals surface area contributed by atoms with Crippen LogP contribution in [0.2, 0.25) is 0 Å². The van der Waals surface area contributed by atoms with E-state index in [-0.39, 0.29) is 11.9 Å². The van der Waals surface area contributed by atoms with E-state index >= 15 is 0 Å². The van der Waals surface area contributed by atoms with Gasteiger partial charge in [0.1, 0.15) is 11.6 Å². The van der Waals surface area contributed by atoms with Crippen molar-refractivity contribution in [1.82, 2.24) is 24.8 Å². The van der Waals surface area contributed by atoms with E-state index in [9.17, 15) is 8.60 Å². The molecule has 1 fully saturated rings. The van der Waals surface area contributed by atoms with Crippen LogP contribution in [0, 0.1) is 12.7 Å². The molecule has 7 nitrogen and oxygen atoms in total. The van der Waals surface area contributed by atoms with Crippen LogP contribution in [-0.4, -0.2) is 54.2 Å². The maximum atomic E-state index is 14.0. The van der Waals surface area contributed by atoms with Crippen molar-refractivity contribution in [3.05, 3.63) is 89.9 Å². The fourth-order valence-corrected chi connectivity index (χ4v) is 6.55. The van der Waals surface area contributed by atoms with E-state index < -0.39 is 10.8 Å². The molecule has 0 radical (unpaired) electrons. The number of rotatable bonds is 6. The molecule has 4 heterocycles. The first-order chi connectivity index (χ1) is 18.4. The Morgan fingerprint density at radius 3 is 2.92 bits per heavy atom. The molecule has 6 rings (SSSR count). The highest BCUT2D eigenvalue weighted by molar-refractivity contribution is 7.85. The van der Waals surface area contributed by atoms with Crippen LogP contribution in [0.15, 0.2) is 67.0 Å². The van der Waals surface area contributed by atoms with Gasteiger partial charge in [-0.05, 0) is 42.8 Å². The van der Waals surface area contributed by atoms with Crippen LogP contribution in [-0.2, 0) is 17.2 Å². The number of para-hydroxylation sites is 1. The van der Waals surface area contributed by atoms with Crippen LogP contribution < -0.4 is 4.74 Å². The summed E-state index contributed by atoms with van der Waals surface area (Å²) < 4.78 is 32.3. The summed E-state index contributed by atoms with van der Waals surface area (Å²) in [7, 11) is 0.632. The minimum atomic E-state index is -0.972. The summed E-state index contributed by atoms with van der Waals surface area (Å²) in [6.07, 6.45) is 2.32. The Morgan fingerprint density at radius 1 is 1.24 bits per heavy atom. The number of aromatic amines is 2. The van der Waals surface area contributed by atoms with Gasteiger partial charge < -0.3 is 19.6 Å². The van der Waals surface area contributed by atoms with Gasteiger partial charge in [-0.1, -0.05) is 24.8 Å². The van der Waals surface area contributed by atoms with Crippen molar-refractivity contribution in [2.24, 2.45) is 0 Å². The quantitative estimate of drug-likeness (QED) is 0.307. The topological polar surface area (TPSA) is 86.9 Å². The number of hydrogen-bond donors (Lipinski definition) is 2. The summed E-state index contributed by atoms with van der Waals surface area (Å²) in [6.45, 7) is 6.99. The summed E-state index contributed by atoms with van der Waals surface area (Å²) in [5, 5.41) is 1.86. The number of benzene rings is 2. The van der Waals surface area contributed by atoms with E-state index in [4.69, 9.17) is 9.72 Å². The highest BCUT2D eigenvalue weighted by atomic mass is 32.2. The number of H-pyrrole nitrogens is 2. The second-order valence-electron chi connectivity index (χ2n) is 9.60. The van der Waals surface area contributed by atoms with Crippen LogP contribution in [0.3, 0.4) is 0 Å². The van der Waals surface area contributed by atoms with E-state index in [1.54, 1.807) is 25.4 Å². The third kappa shape index (κ3) is 4.36. The molecule has 1 aliphatic heterocycles. The number of aryl methyl sites for hydroxylation is 1. The number of aromatic nitrogens is 4. The number of ether oxygens (including phenoxy) is 1. The molecule has 5 aromatic rings. The maximum Gasteiger partial charge on any atom is 0.223 e. The number of nitrogens with zero attached hydrogens (tertiary/aromatic N) is 3. The lowest BCUT2D eigenvalue weighted by atomic mass is 10.0. The number of imidazole rings is 1. The number of hydrogen-bond acceptors (Lipinski definition) is 5. The van der Waals surface area contributed by atoms with Gasteiger partial charge in [0.25, 0.3) is 0 Å². The third-order valence-electron chi connectivity index (χ3n) is 7.23. The Bertz CT molecular complexity index is 1710. The van der Waals surface area contributed by atoms with Gasteiger partial charge in [-0.3, -0.25) is 4.21 Å². The Morgan fingerprint density at radius 2 is 2.08 bits per heavy atom. The van der Waals surface area contributed by atoms with Crippen molar-refractivity contribution >= 4 is 32.6 Å². The summed E-state index contributed by atoms with van der Waals surface area (Å²) in [5.74, 6) is 1.96.